The van der Waals surface area contributed by atoms with Gasteiger partial charge >= 0.3 is 0 Å². The van der Waals surface area contributed by atoms with Gasteiger partial charge in [0.05, 0.1) is 30.3 Å². The van der Waals surface area contributed by atoms with E-state index in [9.17, 15) is 5.26 Å². The third kappa shape index (κ3) is 2.04. The zero-order chi connectivity index (χ0) is 13.5. The summed E-state index contributed by atoms with van der Waals surface area (Å²) in [5, 5.41) is 9.23. The number of imidazole rings is 1. The van der Waals surface area contributed by atoms with Crippen LogP contribution >= 0.6 is 0 Å². The summed E-state index contributed by atoms with van der Waals surface area (Å²) in [7, 11) is 2.00. The van der Waals surface area contributed by atoms with Gasteiger partial charge in [0.25, 0.3) is 0 Å². The minimum absolute atomic E-state index is 0.354. The summed E-state index contributed by atoms with van der Waals surface area (Å²) >= 11 is 0. The topological polar surface area (TPSA) is 64.9 Å². The first-order valence-electron chi connectivity index (χ1n) is 6.28. The summed E-state index contributed by atoms with van der Waals surface area (Å²) in [6.07, 6.45) is 0. The quantitative estimate of drug-likeness (QED) is 0.910. The van der Waals surface area contributed by atoms with Crippen LogP contribution in [-0.4, -0.2) is 36.8 Å². The molecular formula is C14H16N4O. The van der Waals surface area contributed by atoms with Crippen LogP contribution in [0.1, 0.15) is 5.82 Å². The fourth-order valence-corrected chi connectivity index (χ4v) is 2.45. The predicted molar refractivity (Wildman–Crippen MR) is 73.0 cm³/mol. The number of hydrogen-bond donors (Lipinski definition) is 1. The Morgan fingerprint density at radius 2 is 2.32 bits per heavy atom. The molecule has 5 nitrogen and oxygen atoms in total. The molecule has 0 spiro atoms. The molecule has 1 fully saturated rings. The molecule has 1 aromatic heterocycles. The first-order valence-corrected chi connectivity index (χ1v) is 6.28. The van der Waals surface area contributed by atoms with Crippen LogP contribution in [0.4, 0.5) is 5.69 Å². The smallest absolute Gasteiger partial charge is 0.121 e. The zero-order valence-corrected chi connectivity index (χ0v) is 11.1. The number of anilines is 1. The lowest BCUT2D eigenvalue weighted by molar-refractivity contribution is -0.0716. The van der Waals surface area contributed by atoms with Crippen molar-refractivity contribution in [3.05, 3.63) is 24.0 Å². The predicted octanol–water partition coefficient (Wildman–Crippen LogP) is 1.85. The van der Waals surface area contributed by atoms with Crippen molar-refractivity contribution < 1.29 is 4.74 Å². The van der Waals surface area contributed by atoms with Crippen molar-refractivity contribution in [1.29, 1.82) is 5.26 Å². The van der Waals surface area contributed by atoms with Crippen LogP contribution in [0, 0.1) is 23.7 Å². The number of hydrogen-bond acceptors (Lipinski definition) is 4. The Bertz CT molecular complexity index is 651. The van der Waals surface area contributed by atoms with Gasteiger partial charge in [0, 0.05) is 19.3 Å². The molecule has 2 heterocycles. The van der Waals surface area contributed by atoms with Crippen molar-refractivity contribution in [1.82, 2.24) is 9.97 Å². The van der Waals surface area contributed by atoms with Gasteiger partial charge in [0.1, 0.15) is 11.2 Å². The number of aromatic nitrogens is 2. The maximum absolute atomic E-state index is 9.23. The van der Waals surface area contributed by atoms with Crippen LogP contribution in [0.25, 0.3) is 11.0 Å². The SMILES string of the molecule is Cc1nc2ccc(N(C)CC3(C#N)COC3)cc2[nH]1. The van der Waals surface area contributed by atoms with Gasteiger partial charge in [-0.3, -0.25) is 0 Å². The molecule has 0 aliphatic carbocycles. The van der Waals surface area contributed by atoms with Crippen molar-refractivity contribution in [2.24, 2.45) is 5.41 Å². The first kappa shape index (κ1) is 12.0. The van der Waals surface area contributed by atoms with Crippen molar-refractivity contribution >= 4 is 16.7 Å². The van der Waals surface area contributed by atoms with Gasteiger partial charge in [-0.25, -0.2) is 4.98 Å². The molecule has 1 saturated heterocycles. The van der Waals surface area contributed by atoms with Gasteiger partial charge in [0.2, 0.25) is 0 Å². The number of ether oxygens (including phenoxy) is 1. The Morgan fingerprint density at radius 3 is 2.95 bits per heavy atom. The maximum atomic E-state index is 9.23. The van der Waals surface area contributed by atoms with E-state index in [2.05, 4.69) is 27.0 Å². The van der Waals surface area contributed by atoms with Gasteiger partial charge in [-0.15, -0.1) is 0 Å². The Labute approximate surface area is 111 Å². The van der Waals surface area contributed by atoms with E-state index in [-0.39, 0.29) is 5.41 Å². The second-order valence-corrected chi connectivity index (χ2v) is 5.26. The monoisotopic (exact) mass is 256 g/mol. The number of nitriles is 1. The Kier molecular flexibility index (Phi) is 2.68. The first-order chi connectivity index (χ1) is 9.12. The number of benzene rings is 1. The highest BCUT2D eigenvalue weighted by Gasteiger charge is 2.40. The van der Waals surface area contributed by atoms with Crippen molar-refractivity contribution in [3.63, 3.8) is 0 Å². The summed E-state index contributed by atoms with van der Waals surface area (Å²) in [5.41, 5.74) is 2.72. The summed E-state index contributed by atoms with van der Waals surface area (Å²) in [4.78, 5) is 9.71. The molecule has 0 unspecified atom stereocenters. The molecule has 0 atom stereocenters. The van der Waals surface area contributed by atoms with Crippen LogP contribution in [0.5, 0.6) is 0 Å². The van der Waals surface area contributed by atoms with Gasteiger partial charge in [0.15, 0.2) is 0 Å². The van der Waals surface area contributed by atoms with Crippen LogP contribution in [0.3, 0.4) is 0 Å². The van der Waals surface area contributed by atoms with E-state index < -0.39 is 0 Å². The average molecular weight is 256 g/mol. The van der Waals surface area contributed by atoms with Gasteiger partial charge in [-0.1, -0.05) is 0 Å². The summed E-state index contributed by atoms with van der Waals surface area (Å²) < 4.78 is 5.17. The summed E-state index contributed by atoms with van der Waals surface area (Å²) in [6.45, 7) is 3.68. The number of nitrogens with zero attached hydrogens (tertiary/aromatic N) is 3. The number of rotatable bonds is 3. The molecule has 0 bridgehead atoms. The van der Waals surface area contributed by atoms with E-state index >= 15 is 0 Å². The summed E-state index contributed by atoms with van der Waals surface area (Å²) in [5.74, 6) is 0.913. The number of aryl methyl sites for hydroxylation is 1. The average Bonchev–Trinajstić information content (AvgIpc) is 2.72. The van der Waals surface area contributed by atoms with Gasteiger partial charge in [-0.2, -0.15) is 5.26 Å². The van der Waals surface area contributed by atoms with Crippen LogP contribution in [0.15, 0.2) is 18.2 Å². The molecule has 0 amide bonds. The number of nitrogens with one attached hydrogen (secondary N) is 1. The van der Waals surface area contributed by atoms with E-state index in [1.54, 1.807) is 0 Å². The lowest BCUT2D eigenvalue weighted by Crippen LogP contribution is -2.49. The largest absolute Gasteiger partial charge is 0.378 e. The molecule has 1 N–H and O–H groups in total. The highest BCUT2D eigenvalue weighted by molar-refractivity contribution is 5.79. The fourth-order valence-electron chi connectivity index (χ4n) is 2.45. The number of aromatic amines is 1. The maximum Gasteiger partial charge on any atom is 0.121 e. The van der Waals surface area contributed by atoms with Crippen LogP contribution < -0.4 is 4.90 Å². The van der Waals surface area contributed by atoms with Crippen molar-refractivity contribution in [3.8, 4) is 6.07 Å². The third-order valence-corrected chi connectivity index (χ3v) is 3.56. The van der Waals surface area contributed by atoms with E-state index in [4.69, 9.17) is 4.74 Å². The Morgan fingerprint density at radius 1 is 1.53 bits per heavy atom. The zero-order valence-electron chi connectivity index (χ0n) is 11.1. The lowest BCUT2D eigenvalue weighted by Gasteiger charge is -2.38. The molecule has 5 heteroatoms. The lowest BCUT2D eigenvalue weighted by atomic mass is 9.87. The molecular weight excluding hydrogens is 240 g/mol. The normalized spacial score (nSPS) is 16.9. The molecule has 2 aromatic rings. The summed E-state index contributed by atoms with van der Waals surface area (Å²) in [6, 6.07) is 8.48. The van der Waals surface area contributed by atoms with E-state index in [0.29, 0.717) is 19.8 Å². The standard InChI is InChI=1S/C14H16N4O/c1-10-16-12-4-3-11(5-13(12)17-10)18(2)7-14(6-15)8-19-9-14/h3-5H,7-9H2,1-2H3,(H,16,17). The van der Waals surface area contributed by atoms with E-state index in [1.165, 1.54) is 0 Å². The Hall–Kier alpha value is -2.06. The molecule has 1 aliphatic rings. The third-order valence-electron chi connectivity index (χ3n) is 3.56. The Balaban J connectivity index is 1.85. The van der Waals surface area contributed by atoms with Gasteiger partial charge < -0.3 is 14.6 Å². The molecule has 3 rings (SSSR count). The molecule has 98 valence electrons. The van der Waals surface area contributed by atoms with Crippen LogP contribution in [-0.2, 0) is 4.74 Å². The molecule has 19 heavy (non-hydrogen) atoms. The number of H-pyrrole nitrogens is 1. The minimum Gasteiger partial charge on any atom is -0.378 e. The molecule has 0 saturated carbocycles. The van der Waals surface area contributed by atoms with Crippen molar-refractivity contribution in [2.75, 3.05) is 31.7 Å². The molecule has 0 radical (unpaired) electrons. The molecule has 1 aliphatic heterocycles. The second kappa shape index (κ2) is 4.25. The molecule has 1 aromatic carbocycles. The van der Waals surface area contributed by atoms with E-state index in [1.807, 2.05) is 26.1 Å². The second-order valence-electron chi connectivity index (χ2n) is 5.26. The van der Waals surface area contributed by atoms with E-state index in [0.717, 1.165) is 22.5 Å². The fraction of sp³-hybridized carbons (Fsp3) is 0.429. The highest BCUT2D eigenvalue weighted by atomic mass is 16.5. The van der Waals surface area contributed by atoms with Crippen LogP contribution in [0.2, 0.25) is 0 Å². The van der Waals surface area contributed by atoms with Gasteiger partial charge in [-0.05, 0) is 25.1 Å². The number of fused-ring (bicyclic) bond motifs is 1. The minimum atomic E-state index is -0.354. The van der Waals surface area contributed by atoms with Crippen molar-refractivity contribution in [2.45, 2.75) is 6.92 Å². The highest BCUT2D eigenvalue weighted by Crippen LogP contribution is 2.29.